The van der Waals surface area contributed by atoms with E-state index in [1.54, 1.807) is 42.5 Å². The molecule has 0 radical (unpaired) electrons. The first-order chi connectivity index (χ1) is 13.9. The van der Waals surface area contributed by atoms with E-state index < -0.39 is 11.8 Å². The molecule has 2 aromatic carbocycles. The third-order valence-corrected chi connectivity index (χ3v) is 4.68. The molecule has 0 saturated carbocycles. The largest absolute Gasteiger partial charge is 0.493 e. The standard InChI is InChI=1S/C21H19ClN2O4S/c1-3-10-28-17-9-4-13(12-18(17)27-2)11-16-19(25)23-21(29)24(20(16)26)15-7-5-14(22)6-8-15/h4-9,11-12H,3,10H2,1-2H3,(H,23,25,29)/b16-11-. The molecule has 1 heterocycles. The number of carbonyl (C=O) groups excluding carboxylic acids is 2. The highest BCUT2D eigenvalue weighted by Gasteiger charge is 2.34. The van der Waals surface area contributed by atoms with Crippen LogP contribution in [0.3, 0.4) is 0 Å². The van der Waals surface area contributed by atoms with Gasteiger partial charge in [-0.3, -0.25) is 19.8 Å². The second-order valence-electron chi connectivity index (χ2n) is 6.19. The van der Waals surface area contributed by atoms with Crippen LogP contribution < -0.4 is 19.7 Å². The highest BCUT2D eigenvalue weighted by Crippen LogP contribution is 2.30. The van der Waals surface area contributed by atoms with Gasteiger partial charge in [0.2, 0.25) is 0 Å². The lowest BCUT2D eigenvalue weighted by molar-refractivity contribution is -0.122. The normalized spacial score (nSPS) is 15.5. The van der Waals surface area contributed by atoms with Gasteiger partial charge in [0.05, 0.1) is 19.4 Å². The van der Waals surface area contributed by atoms with Crippen molar-refractivity contribution < 1.29 is 19.1 Å². The van der Waals surface area contributed by atoms with Crippen LogP contribution in [0.2, 0.25) is 5.02 Å². The van der Waals surface area contributed by atoms with E-state index in [1.807, 2.05) is 6.92 Å². The molecule has 0 aromatic heterocycles. The lowest BCUT2D eigenvalue weighted by Crippen LogP contribution is -2.54. The maximum atomic E-state index is 13.0. The number of methoxy groups -OCH3 is 1. The number of amides is 2. The second-order valence-corrected chi connectivity index (χ2v) is 7.02. The molecular formula is C21H19ClN2O4S. The Kier molecular flexibility index (Phi) is 6.51. The smallest absolute Gasteiger partial charge is 0.270 e. The van der Waals surface area contributed by atoms with Gasteiger partial charge >= 0.3 is 0 Å². The lowest BCUT2D eigenvalue weighted by atomic mass is 10.1. The average molecular weight is 431 g/mol. The Morgan fingerprint density at radius 3 is 2.52 bits per heavy atom. The first-order valence-electron chi connectivity index (χ1n) is 8.92. The fourth-order valence-electron chi connectivity index (χ4n) is 2.75. The third kappa shape index (κ3) is 4.58. The third-order valence-electron chi connectivity index (χ3n) is 4.15. The van der Waals surface area contributed by atoms with Crippen molar-refractivity contribution in [1.82, 2.24) is 5.32 Å². The van der Waals surface area contributed by atoms with E-state index in [0.717, 1.165) is 6.42 Å². The van der Waals surface area contributed by atoms with E-state index in [1.165, 1.54) is 18.1 Å². The molecule has 3 rings (SSSR count). The molecule has 1 aliphatic heterocycles. The fraction of sp³-hybridized carbons (Fsp3) is 0.190. The van der Waals surface area contributed by atoms with E-state index in [0.29, 0.717) is 34.4 Å². The maximum Gasteiger partial charge on any atom is 0.270 e. The van der Waals surface area contributed by atoms with Crippen molar-refractivity contribution >= 4 is 52.5 Å². The zero-order valence-electron chi connectivity index (χ0n) is 15.9. The molecule has 2 amide bonds. The Balaban J connectivity index is 1.95. The summed E-state index contributed by atoms with van der Waals surface area (Å²) >= 11 is 11.1. The lowest BCUT2D eigenvalue weighted by Gasteiger charge is -2.29. The highest BCUT2D eigenvalue weighted by atomic mass is 35.5. The van der Waals surface area contributed by atoms with Gasteiger partial charge in [0.1, 0.15) is 5.57 Å². The fourth-order valence-corrected chi connectivity index (χ4v) is 3.16. The first-order valence-corrected chi connectivity index (χ1v) is 9.71. The van der Waals surface area contributed by atoms with Crippen LogP contribution in [0, 0.1) is 0 Å². The number of hydrogen-bond donors (Lipinski definition) is 1. The molecule has 0 bridgehead atoms. The molecule has 150 valence electrons. The van der Waals surface area contributed by atoms with Crippen molar-refractivity contribution in [1.29, 1.82) is 0 Å². The topological polar surface area (TPSA) is 67.9 Å². The molecule has 29 heavy (non-hydrogen) atoms. The monoisotopic (exact) mass is 430 g/mol. The Hall–Kier alpha value is -2.90. The van der Waals surface area contributed by atoms with Gasteiger partial charge in [0, 0.05) is 5.02 Å². The number of nitrogens with zero attached hydrogens (tertiary/aromatic N) is 1. The molecule has 0 atom stereocenters. The minimum Gasteiger partial charge on any atom is -0.493 e. The van der Waals surface area contributed by atoms with E-state index in [9.17, 15) is 9.59 Å². The summed E-state index contributed by atoms with van der Waals surface area (Å²) in [5.74, 6) is 0.0308. The summed E-state index contributed by atoms with van der Waals surface area (Å²) < 4.78 is 11.0. The van der Waals surface area contributed by atoms with Crippen LogP contribution in [0.5, 0.6) is 11.5 Å². The summed E-state index contributed by atoms with van der Waals surface area (Å²) in [5.41, 5.74) is 1.09. The van der Waals surface area contributed by atoms with Crippen LogP contribution in [-0.2, 0) is 9.59 Å². The van der Waals surface area contributed by atoms with Gasteiger partial charge < -0.3 is 9.47 Å². The van der Waals surface area contributed by atoms with E-state index in [4.69, 9.17) is 33.3 Å². The van der Waals surface area contributed by atoms with Gasteiger partial charge in [-0.25, -0.2) is 0 Å². The van der Waals surface area contributed by atoms with Gasteiger partial charge in [0.15, 0.2) is 16.6 Å². The molecule has 0 aliphatic carbocycles. The van der Waals surface area contributed by atoms with Crippen molar-refractivity contribution in [3.63, 3.8) is 0 Å². The number of ether oxygens (including phenoxy) is 2. The van der Waals surface area contributed by atoms with Crippen molar-refractivity contribution in [2.75, 3.05) is 18.6 Å². The first kappa shape index (κ1) is 20.8. The zero-order valence-corrected chi connectivity index (χ0v) is 17.5. The summed E-state index contributed by atoms with van der Waals surface area (Å²) in [6.07, 6.45) is 2.36. The van der Waals surface area contributed by atoms with Gasteiger partial charge in [0.25, 0.3) is 11.8 Å². The number of carbonyl (C=O) groups is 2. The Labute approximate surface area is 179 Å². The SMILES string of the molecule is CCCOc1ccc(/C=C2/C(=O)NC(=S)N(c3ccc(Cl)cc3)C2=O)cc1OC. The van der Waals surface area contributed by atoms with Gasteiger partial charge in [-0.1, -0.05) is 24.6 Å². The van der Waals surface area contributed by atoms with Crippen molar-refractivity contribution in [2.24, 2.45) is 0 Å². The zero-order chi connectivity index (χ0) is 21.0. The van der Waals surface area contributed by atoms with E-state index in [-0.39, 0.29) is 10.7 Å². The number of hydrogen-bond acceptors (Lipinski definition) is 5. The molecular weight excluding hydrogens is 412 g/mol. The number of thiocarbonyl (C=S) groups is 1. The summed E-state index contributed by atoms with van der Waals surface area (Å²) in [6, 6.07) is 11.8. The van der Waals surface area contributed by atoms with Crippen molar-refractivity contribution in [3.05, 3.63) is 58.6 Å². The van der Waals surface area contributed by atoms with Crippen LogP contribution in [0.25, 0.3) is 6.08 Å². The Bertz CT molecular complexity index is 989. The quantitative estimate of drug-likeness (QED) is 0.426. The molecule has 1 aliphatic rings. The van der Waals surface area contributed by atoms with Crippen LogP contribution in [0.1, 0.15) is 18.9 Å². The molecule has 1 fully saturated rings. The summed E-state index contributed by atoms with van der Waals surface area (Å²) in [6.45, 7) is 2.57. The second kappa shape index (κ2) is 9.07. The van der Waals surface area contributed by atoms with Crippen molar-refractivity contribution in [3.8, 4) is 11.5 Å². The average Bonchev–Trinajstić information content (AvgIpc) is 2.71. The minimum atomic E-state index is -0.560. The van der Waals surface area contributed by atoms with E-state index in [2.05, 4.69) is 5.32 Å². The molecule has 0 unspecified atom stereocenters. The number of rotatable bonds is 6. The van der Waals surface area contributed by atoms with Crippen LogP contribution in [-0.4, -0.2) is 30.6 Å². The highest BCUT2D eigenvalue weighted by molar-refractivity contribution is 7.80. The Morgan fingerprint density at radius 2 is 1.86 bits per heavy atom. The minimum absolute atomic E-state index is 0.0142. The predicted molar refractivity (Wildman–Crippen MR) is 116 cm³/mol. The summed E-state index contributed by atoms with van der Waals surface area (Å²) in [4.78, 5) is 26.7. The van der Waals surface area contributed by atoms with Gasteiger partial charge in [-0.2, -0.15) is 0 Å². The van der Waals surface area contributed by atoms with Gasteiger partial charge in [-0.05, 0) is 66.7 Å². The number of nitrogens with one attached hydrogen (secondary N) is 1. The predicted octanol–water partition coefficient (Wildman–Crippen LogP) is 3.97. The van der Waals surface area contributed by atoms with E-state index >= 15 is 0 Å². The van der Waals surface area contributed by atoms with Gasteiger partial charge in [-0.15, -0.1) is 0 Å². The van der Waals surface area contributed by atoms with Crippen LogP contribution in [0.15, 0.2) is 48.0 Å². The molecule has 8 heteroatoms. The Morgan fingerprint density at radius 1 is 1.14 bits per heavy atom. The molecule has 0 spiro atoms. The van der Waals surface area contributed by atoms with Crippen LogP contribution >= 0.6 is 23.8 Å². The summed E-state index contributed by atoms with van der Waals surface area (Å²) in [7, 11) is 1.53. The van der Waals surface area contributed by atoms with Crippen LogP contribution in [0.4, 0.5) is 5.69 Å². The van der Waals surface area contributed by atoms with Crippen molar-refractivity contribution in [2.45, 2.75) is 13.3 Å². The number of benzene rings is 2. The number of anilines is 1. The molecule has 2 aromatic rings. The molecule has 6 nitrogen and oxygen atoms in total. The maximum absolute atomic E-state index is 13.0. The molecule has 1 saturated heterocycles. The number of halogens is 1. The molecule has 1 N–H and O–H groups in total. The summed E-state index contributed by atoms with van der Waals surface area (Å²) in [5, 5.41) is 3.09.